The molecule has 0 aliphatic heterocycles. The van der Waals surface area contributed by atoms with Crippen LogP contribution in [0.25, 0.3) is 0 Å². The average molecular weight is 329 g/mol. The Bertz CT molecular complexity index is 661. The molecule has 0 saturated heterocycles. The van der Waals surface area contributed by atoms with Crippen LogP contribution in [-0.2, 0) is 9.53 Å². The van der Waals surface area contributed by atoms with E-state index in [-0.39, 0.29) is 18.3 Å². The quantitative estimate of drug-likeness (QED) is 0.826. The minimum Gasteiger partial charge on any atom is -0.460 e. The number of rotatable bonds is 6. The lowest BCUT2D eigenvalue weighted by Gasteiger charge is -2.23. The molecule has 1 aromatic carbocycles. The summed E-state index contributed by atoms with van der Waals surface area (Å²) >= 11 is 0. The molecule has 2 aromatic rings. The number of aromatic nitrogens is 2. The van der Waals surface area contributed by atoms with Crippen LogP contribution in [0, 0.1) is 0 Å². The summed E-state index contributed by atoms with van der Waals surface area (Å²) in [5.74, 6) is -0.438. The van der Waals surface area contributed by atoms with Crippen LogP contribution < -0.4 is 4.90 Å². The maximum absolute atomic E-state index is 12.6. The van der Waals surface area contributed by atoms with Gasteiger partial charge in [0.1, 0.15) is 11.3 Å². The number of imidazole rings is 1. The van der Waals surface area contributed by atoms with Gasteiger partial charge in [-0.2, -0.15) is 0 Å². The molecule has 0 unspecified atom stereocenters. The number of hydrogen-bond acceptors (Lipinski definition) is 4. The van der Waals surface area contributed by atoms with Gasteiger partial charge in [0.05, 0.1) is 12.5 Å². The first-order valence-corrected chi connectivity index (χ1v) is 7.94. The van der Waals surface area contributed by atoms with Gasteiger partial charge >= 0.3 is 5.97 Å². The second-order valence-corrected chi connectivity index (χ2v) is 6.45. The first-order chi connectivity index (χ1) is 11.4. The largest absolute Gasteiger partial charge is 0.460 e. The number of ether oxygens (including phenoxy) is 1. The Morgan fingerprint density at radius 1 is 1.21 bits per heavy atom. The second kappa shape index (κ2) is 7.77. The van der Waals surface area contributed by atoms with Gasteiger partial charge in [-0.25, -0.2) is 4.98 Å². The Labute approximate surface area is 141 Å². The normalized spacial score (nSPS) is 11.1. The average Bonchev–Trinajstić information content (AvgIpc) is 3.04. The molecule has 0 aliphatic carbocycles. The zero-order valence-electron chi connectivity index (χ0n) is 14.3. The molecule has 0 aliphatic rings. The number of nitrogens with one attached hydrogen (secondary N) is 1. The maximum Gasteiger partial charge on any atom is 0.306 e. The van der Waals surface area contributed by atoms with E-state index >= 15 is 0 Å². The number of anilines is 1. The van der Waals surface area contributed by atoms with Gasteiger partial charge in [0.15, 0.2) is 0 Å². The highest BCUT2D eigenvalue weighted by Crippen LogP contribution is 2.17. The lowest BCUT2D eigenvalue weighted by molar-refractivity contribution is -0.154. The number of carbonyl (C=O) groups excluding carboxylic acids is 2. The summed E-state index contributed by atoms with van der Waals surface area (Å²) in [7, 11) is 0. The number of esters is 1. The van der Waals surface area contributed by atoms with Gasteiger partial charge < -0.3 is 14.6 Å². The first-order valence-electron chi connectivity index (χ1n) is 7.94. The monoisotopic (exact) mass is 329 g/mol. The highest BCUT2D eigenvalue weighted by atomic mass is 16.6. The summed E-state index contributed by atoms with van der Waals surface area (Å²) in [6.07, 6.45) is 3.74. The summed E-state index contributed by atoms with van der Waals surface area (Å²) in [5, 5.41) is 0. The predicted octanol–water partition coefficient (Wildman–Crippen LogP) is 3.18. The Kier molecular flexibility index (Phi) is 5.73. The van der Waals surface area contributed by atoms with E-state index < -0.39 is 5.60 Å². The summed E-state index contributed by atoms with van der Waals surface area (Å²) in [5.41, 5.74) is 0.694. The first kappa shape index (κ1) is 17.7. The van der Waals surface area contributed by atoms with Crippen LogP contribution in [0.1, 0.15) is 44.1 Å². The Balaban J connectivity index is 2.02. The third kappa shape index (κ3) is 5.22. The fraction of sp³-hybridized carbons (Fsp3) is 0.389. The minimum atomic E-state index is -0.498. The SMILES string of the molecule is CC(C)(C)OC(=O)CCCN(C(=O)c1cnc[nH]1)c1ccccc1. The van der Waals surface area contributed by atoms with Crippen LogP contribution in [0.15, 0.2) is 42.9 Å². The molecule has 0 saturated carbocycles. The zero-order chi connectivity index (χ0) is 17.6. The van der Waals surface area contributed by atoms with Crippen LogP contribution in [0.2, 0.25) is 0 Å². The van der Waals surface area contributed by atoms with Crippen molar-refractivity contribution in [1.29, 1.82) is 0 Å². The standard InChI is InChI=1S/C18H23N3O3/c1-18(2,3)24-16(22)10-7-11-21(14-8-5-4-6-9-14)17(23)15-12-19-13-20-15/h4-6,8-9,12-13H,7,10-11H2,1-3H3,(H,19,20). The Hall–Kier alpha value is -2.63. The molecule has 1 aromatic heterocycles. The topological polar surface area (TPSA) is 75.3 Å². The molecular formula is C18H23N3O3. The number of aromatic amines is 1. The van der Waals surface area contributed by atoms with Crippen molar-refractivity contribution >= 4 is 17.6 Å². The molecule has 6 nitrogen and oxygen atoms in total. The van der Waals surface area contributed by atoms with E-state index in [0.717, 1.165) is 5.69 Å². The maximum atomic E-state index is 12.6. The Morgan fingerprint density at radius 3 is 2.50 bits per heavy atom. The van der Waals surface area contributed by atoms with Crippen LogP contribution in [0.4, 0.5) is 5.69 Å². The molecule has 1 heterocycles. The van der Waals surface area contributed by atoms with Crippen molar-refractivity contribution in [3.8, 4) is 0 Å². The molecule has 0 atom stereocenters. The lowest BCUT2D eigenvalue weighted by Crippen LogP contribution is -2.33. The van der Waals surface area contributed by atoms with Gasteiger partial charge in [-0.15, -0.1) is 0 Å². The van der Waals surface area contributed by atoms with Crippen LogP contribution in [-0.4, -0.2) is 34.0 Å². The van der Waals surface area contributed by atoms with E-state index in [2.05, 4.69) is 9.97 Å². The molecule has 128 valence electrons. The number of benzene rings is 1. The lowest BCUT2D eigenvalue weighted by atomic mass is 10.2. The smallest absolute Gasteiger partial charge is 0.306 e. The molecule has 1 amide bonds. The number of amides is 1. The number of carbonyl (C=O) groups is 2. The van der Waals surface area contributed by atoms with Gasteiger partial charge in [0, 0.05) is 18.7 Å². The van der Waals surface area contributed by atoms with E-state index in [1.807, 2.05) is 51.1 Å². The van der Waals surface area contributed by atoms with Crippen molar-refractivity contribution in [3.05, 3.63) is 48.5 Å². The van der Waals surface area contributed by atoms with Crippen LogP contribution in [0.5, 0.6) is 0 Å². The third-order valence-electron chi connectivity index (χ3n) is 3.22. The van der Waals surface area contributed by atoms with Crippen molar-refractivity contribution in [3.63, 3.8) is 0 Å². The molecule has 0 fully saturated rings. The van der Waals surface area contributed by atoms with Crippen molar-refractivity contribution in [2.75, 3.05) is 11.4 Å². The third-order valence-corrected chi connectivity index (χ3v) is 3.22. The number of para-hydroxylation sites is 1. The van der Waals surface area contributed by atoms with Gasteiger partial charge in [-0.1, -0.05) is 18.2 Å². The molecular weight excluding hydrogens is 306 g/mol. The van der Waals surface area contributed by atoms with Crippen molar-refractivity contribution in [2.24, 2.45) is 0 Å². The molecule has 24 heavy (non-hydrogen) atoms. The van der Waals surface area contributed by atoms with E-state index in [1.54, 1.807) is 4.90 Å². The molecule has 1 N–H and O–H groups in total. The van der Waals surface area contributed by atoms with Gasteiger partial charge in [0.25, 0.3) is 5.91 Å². The van der Waals surface area contributed by atoms with E-state index in [1.165, 1.54) is 12.5 Å². The summed E-state index contributed by atoms with van der Waals surface area (Å²) < 4.78 is 5.30. The van der Waals surface area contributed by atoms with Gasteiger partial charge in [0.2, 0.25) is 0 Å². The summed E-state index contributed by atoms with van der Waals surface area (Å²) in [4.78, 5) is 32.8. The fourth-order valence-electron chi connectivity index (χ4n) is 2.25. The number of nitrogens with zero attached hydrogens (tertiary/aromatic N) is 2. The van der Waals surface area contributed by atoms with E-state index in [9.17, 15) is 9.59 Å². The summed E-state index contributed by atoms with van der Waals surface area (Å²) in [6, 6.07) is 9.36. The minimum absolute atomic E-state index is 0.178. The molecule has 0 radical (unpaired) electrons. The number of hydrogen-bond donors (Lipinski definition) is 1. The van der Waals surface area contributed by atoms with Crippen LogP contribution in [0.3, 0.4) is 0 Å². The van der Waals surface area contributed by atoms with Crippen molar-refractivity contribution in [1.82, 2.24) is 9.97 Å². The van der Waals surface area contributed by atoms with Crippen molar-refractivity contribution in [2.45, 2.75) is 39.2 Å². The van der Waals surface area contributed by atoms with Gasteiger partial charge in [-0.3, -0.25) is 9.59 Å². The highest BCUT2D eigenvalue weighted by Gasteiger charge is 2.20. The second-order valence-electron chi connectivity index (χ2n) is 6.45. The summed E-state index contributed by atoms with van der Waals surface area (Å²) in [6.45, 7) is 5.93. The van der Waals surface area contributed by atoms with Crippen molar-refractivity contribution < 1.29 is 14.3 Å². The molecule has 0 bridgehead atoms. The molecule has 2 rings (SSSR count). The van der Waals surface area contributed by atoms with E-state index in [4.69, 9.17) is 4.74 Å². The predicted molar refractivity (Wildman–Crippen MR) is 91.8 cm³/mol. The Morgan fingerprint density at radius 2 is 1.92 bits per heavy atom. The zero-order valence-corrected chi connectivity index (χ0v) is 14.3. The highest BCUT2D eigenvalue weighted by molar-refractivity contribution is 6.04. The van der Waals surface area contributed by atoms with Gasteiger partial charge in [-0.05, 0) is 39.3 Å². The fourth-order valence-corrected chi connectivity index (χ4v) is 2.25. The van der Waals surface area contributed by atoms with Crippen LogP contribution >= 0.6 is 0 Å². The van der Waals surface area contributed by atoms with E-state index in [0.29, 0.717) is 18.7 Å². The number of H-pyrrole nitrogens is 1. The molecule has 0 spiro atoms. The molecule has 6 heteroatoms.